The molecule has 0 aliphatic heterocycles. The number of carbonyl (C=O) groups excluding carboxylic acids is 1. The fourth-order valence-electron chi connectivity index (χ4n) is 2.23. The van der Waals surface area contributed by atoms with Gasteiger partial charge in [0.15, 0.2) is 0 Å². The molecule has 7 nitrogen and oxygen atoms in total. The van der Waals surface area contributed by atoms with Gasteiger partial charge in [0.1, 0.15) is 0 Å². The van der Waals surface area contributed by atoms with Gasteiger partial charge < -0.3 is 19.9 Å². The average Bonchev–Trinajstić information content (AvgIpc) is 2.57. The summed E-state index contributed by atoms with van der Waals surface area (Å²) in [6, 6.07) is 0. The van der Waals surface area contributed by atoms with Crippen molar-refractivity contribution in [2.45, 2.75) is 41.5 Å². The van der Waals surface area contributed by atoms with Crippen molar-refractivity contribution < 1.29 is 115 Å². The van der Waals surface area contributed by atoms with E-state index in [1.54, 1.807) is 0 Å². The molecule has 0 saturated heterocycles. The second-order valence-corrected chi connectivity index (χ2v) is 9.87. The number of rotatable bonds is 12. The summed E-state index contributed by atoms with van der Waals surface area (Å²) in [6.07, 6.45) is -8.27. The number of hydrogen-bond donors (Lipinski definition) is 0. The first-order valence-electron chi connectivity index (χ1n) is 8.48. The Morgan fingerprint density at radius 2 is 1.14 bits per heavy atom. The van der Waals surface area contributed by atoms with Crippen LogP contribution in [-0.2, 0) is 14.8 Å². The number of alkyl halides is 13. The van der Waals surface area contributed by atoms with Crippen LogP contribution in [0.3, 0.4) is 0 Å². The van der Waals surface area contributed by atoms with Crippen molar-refractivity contribution in [3.05, 3.63) is 0 Å². The number of nitrogens with zero attached hydrogens (tertiary/aromatic N) is 2. The molecule has 0 spiro atoms. The zero-order valence-corrected chi connectivity index (χ0v) is 21.4. The molecule has 0 heterocycles. The van der Waals surface area contributed by atoms with Crippen LogP contribution < -0.4 is 34.7 Å². The number of quaternary nitrogens is 1. The summed E-state index contributed by atoms with van der Waals surface area (Å²) in [5.41, 5.74) is 0. The molecule has 0 aromatic rings. The molecule has 0 unspecified atom stereocenters. The summed E-state index contributed by atoms with van der Waals surface area (Å²) >= 11 is 0. The van der Waals surface area contributed by atoms with Gasteiger partial charge in [-0.1, -0.05) is 0 Å². The van der Waals surface area contributed by atoms with E-state index in [2.05, 4.69) is 0 Å². The van der Waals surface area contributed by atoms with E-state index < -0.39 is 74.9 Å². The standard InChI is InChI=1S/C14H17F13N2O4S.Na.H2O/c1-29(2,3)6-4-5-28(7-8(30)31)34(32,33)14(26,27)12(21,22)10(17,18)9(15,16)11(19,20)13(23,24)25;;/h4-7H2,1-3H3;;1H2/q;+1;/p-1. The van der Waals surface area contributed by atoms with Gasteiger partial charge in [-0.15, -0.1) is 0 Å². The maximum atomic E-state index is 14.1. The maximum Gasteiger partial charge on any atom is 1.00 e. The molecule has 0 amide bonds. The van der Waals surface area contributed by atoms with E-state index in [9.17, 15) is 75.4 Å². The van der Waals surface area contributed by atoms with Crippen molar-refractivity contribution in [1.29, 1.82) is 0 Å². The molecule has 0 atom stereocenters. The van der Waals surface area contributed by atoms with Gasteiger partial charge in [0.05, 0.1) is 40.2 Å². The fourth-order valence-corrected chi connectivity index (χ4v) is 3.65. The number of sulfonamides is 1. The third kappa shape index (κ3) is 7.07. The number of carboxylic acids is 1. The molecule has 0 saturated carbocycles. The number of hydrogen-bond acceptors (Lipinski definition) is 5. The van der Waals surface area contributed by atoms with Crippen LogP contribution in [0.15, 0.2) is 0 Å². The number of carboxylic acid groups (broad SMARTS) is 1. The Hall–Kier alpha value is -0.610. The third-order valence-electron chi connectivity index (χ3n) is 4.11. The average molecular weight is 596 g/mol. The Morgan fingerprint density at radius 3 is 1.44 bits per heavy atom. The first kappa shape index (κ1) is 39.9. The van der Waals surface area contributed by atoms with E-state index >= 15 is 0 Å². The Labute approximate surface area is 217 Å². The van der Waals surface area contributed by atoms with Gasteiger partial charge in [-0.3, -0.25) is 0 Å². The van der Waals surface area contributed by atoms with Crippen molar-refractivity contribution in [3.8, 4) is 0 Å². The zero-order valence-electron chi connectivity index (χ0n) is 18.6. The smallest absolute Gasteiger partial charge is 0.870 e. The molecule has 36 heavy (non-hydrogen) atoms. The van der Waals surface area contributed by atoms with Crippen LogP contribution in [-0.4, -0.2) is 105 Å². The molecular weight excluding hydrogens is 578 g/mol. The van der Waals surface area contributed by atoms with E-state index in [4.69, 9.17) is 0 Å². The SMILES string of the molecule is C[N+](C)(C)CCCN(CC(=O)[O-])S(=O)(=O)C(F)(F)C(F)(F)C(F)(F)C(F)(F)C(F)(F)C(F)(F)F.[Na+].[OH-]. The van der Waals surface area contributed by atoms with Gasteiger partial charge in [0.2, 0.25) is 0 Å². The predicted molar refractivity (Wildman–Crippen MR) is 85.7 cm³/mol. The molecule has 0 aromatic carbocycles. The molecule has 0 aromatic heterocycles. The van der Waals surface area contributed by atoms with Crippen molar-refractivity contribution in [3.63, 3.8) is 0 Å². The van der Waals surface area contributed by atoms with Gasteiger partial charge in [-0.2, -0.15) is 61.4 Å². The minimum atomic E-state index is -8.33. The van der Waals surface area contributed by atoms with Crippen LogP contribution in [0.1, 0.15) is 6.42 Å². The molecule has 0 bridgehead atoms. The number of aliphatic carboxylic acids is 1. The minimum absolute atomic E-state index is 0. The topological polar surface area (TPSA) is 108 Å². The second-order valence-electron chi connectivity index (χ2n) is 7.89. The summed E-state index contributed by atoms with van der Waals surface area (Å²) in [7, 11) is -3.15. The largest absolute Gasteiger partial charge is 1.00 e. The Balaban J connectivity index is -0.00000544. The van der Waals surface area contributed by atoms with Crippen LogP contribution in [0.4, 0.5) is 57.1 Å². The monoisotopic (exact) mass is 596 g/mol. The van der Waals surface area contributed by atoms with Crippen LogP contribution in [0.5, 0.6) is 0 Å². The molecule has 22 heteroatoms. The van der Waals surface area contributed by atoms with Gasteiger partial charge in [0, 0.05) is 13.0 Å². The summed E-state index contributed by atoms with van der Waals surface area (Å²) in [5, 5.41) is 3.15. The quantitative estimate of drug-likeness (QED) is 0.163. The van der Waals surface area contributed by atoms with Crippen LogP contribution in [0, 0.1) is 0 Å². The second kappa shape index (κ2) is 11.6. The van der Waals surface area contributed by atoms with Crippen LogP contribution in [0.2, 0.25) is 0 Å². The fraction of sp³-hybridized carbons (Fsp3) is 0.929. The summed E-state index contributed by atoms with van der Waals surface area (Å²) in [5.74, 6) is -35.3. The molecule has 0 radical (unpaired) electrons. The first-order chi connectivity index (χ1) is 14.5. The van der Waals surface area contributed by atoms with Crippen molar-refractivity contribution >= 4 is 16.0 Å². The number of carbonyl (C=O) groups is 1. The summed E-state index contributed by atoms with van der Waals surface area (Å²) in [6.45, 7) is -3.81. The molecule has 0 rings (SSSR count). The van der Waals surface area contributed by atoms with Crippen molar-refractivity contribution in [2.75, 3.05) is 40.8 Å². The first-order valence-corrected chi connectivity index (χ1v) is 9.92. The van der Waals surface area contributed by atoms with Crippen molar-refractivity contribution in [1.82, 2.24) is 4.31 Å². The van der Waals surface area contributed by atoms with E-state index in [1.807, 2.05) is 0 Å². The Morgan fingerprint density at radius 1 is 0.778 bits per heavy atom. The van der Waals surface area contributed by atoms with E-state index in [1.165, 1.54) is 21.1 Å². The number of halogens is 13. The summed E-state index contributed by atoms with van der Waals surface area (Å²) < 4.78 is 194. The van der Waals surface area contributed by atoms with E-state index in [0.29, 0.717) is 0 Å². The Bertz CT molecular complexity index is 860. The molecule has 1 N–H and O–H groups in total. The van der Waals surface area contributed by atoms with Gasteiger partial charge in [-0.25, -0.2) is 8.42 Å². The maximum absolute atomic E-state index is 14.1. The van der Waals surface area contributed by atoms with E-state index in [0.717, 1.165) is 0 Å². The van der Waals surface area contributed by atoms with Crippen molar-refractivity contribution in [2.24, 2.45) is 0 Å². The third-order valence-corrected chi connectivity index (χ3v) is 6.01. The van der Waals surface area contributed by atoms with Gasteiger partial charge in [-0.05, 0) is 0 Å². The van der Waals surface area contributed by atoms with Crippen LogP contribution in [0.25, 0.3) is 0 Å². The molecule has 0 aliphatic rings. The summed E-state index contributed by atoms with van der Waals surface area (Å²) in [4.78, 5) is 10.6. The normalized spacial score (nSPS) is 14.8. The van der Waals surface area contributed by atoms with Crippen LogP contribution >= 0.6 is 0 Å². The van der Waals surface area contributed by atoms with Gasteiger partial charge >= 0.3 is 64.7 Å². The minimum Gasteiger partial charge on any atom is -0.870 e. The molecule has 0 fully saturated rings. The predicted octanol–water partition coefficient (Wildman–Crippen LogP) is -1.01. The van der Waals surface area contributed by atoms with Gasteiger partial charge in [0.25, 0.3) is 10.0 Å². The zero-order chi connectivity index (χ0) is 28.0. The molecule has 0 aliphatic carbocycles. The van der Waals surface area contributed by atoms with E-state index in [-0.39, 0.29) is 46.1 Å². The molecular formula is C14H18F13N2NaO5S. The molecule has 212 valence electrons. The Kier molecular flexibility index (Phi) is 12.9.